The van der Waals surface area contributed by atoms with Gasteiger partial charge in [0.15, 0.2) is 5.65 Å². The van der Waals surface area contributed by atoms with Gasteiger partial charge >= 0.3 is 0 Å². The molecule has 3 aromatic heterocycles. The second-order valence-corrected chi connectivity index (χ2v) is 6.14. The van der Waals surface area contributed by atoms with Crippen LogP contribution in [0.3, 0.4) is 0 Å². The minimum atomic E-state index is 0.643. The van der Waals surface area contributed by atoms with Crippen LogP contribution in [0.4, 0.5) is 0 Å². The summed E-state index contributed by atoms with van der Waals surface area (Å²) in [5.74, 6) is 2.48. The zero-order chi connectivity index (χ0) is 14.9. The molecule has 114 valence electrons. The molecule has 0 radical (unpaired) electrons. The smallest absolute Gasteiger partial charge is 0.206 e. The highest BCUT2D eigenvalue weighted by molar-refractivity contribution is 5.73. The Balaban J connectivity index is 1.75. The molecule has 4 heterocycles. The Morgan fingerprint density at radius 2 is 2.27 bits per heavy atom. The molecular formula is C17H20N4O. The Morgan fingerprint density at radius 3 is 3.09 bits per heavy atom. The normalized spacial score (nSPS) is 19.8. The molecule has 0 saturated carbocycles. The van der Waals surface area contributed by atoms with E-state index in [1.807, 2.05) is 30.5 Å². The average molecular weight is 296 g/mol. The van der Waals surface area contributed by atoms with E-state index in [9.17, 15) is 0 Å². The number of pyridine rings is 1. The van der Waals surface area contributed by atoms with Crippen molar-refractivity contribution in [3.63, 3.8) is 0 Å². The predicted molar refractivity (Wildman–Crippen MR) is 85.1 cm³/mol. The summed E-state index contributed by atoms with van der Waals surface area (Å²) < 4.78 is 7.67. The van der Waals surface area contributed by atoms with Gasteiger partial charge in [-0.05, 0) is 50.6 Å². The van der Waals surface area contributed by atoms with Gasteiger partial charge in [0.1, 0.15) is 11.3 Å². The van der Waals surface area contributed by atoms with Gasteiger partial charge in [0, 0.05) is 25.2 Å². The van der Waals surface area contributed by atoms with Crippen LogP contribution in [0.25, 0.3) is 17.0 Å². The number of piperidine rings is 1. The van der Waals surface area contributed by atoms with Crippen LogP contribution in [0.2, 0.25) is 0 Å². The van der Waals surface area contributed by atoms with Gasteiger partial charge in [0.05, 0.1) is 6.26 Å². The van der Waals surface area contributed by atoms with E-state index >= 15 is 0 Å². The van der Waals surface area contributed by atoms with E-state index < -0.39 is 0 Å². The standard InChI is InChI=1S/C17H20N4O/c1-20-9-3-5-13(12-20)11-15-19-14-6-2-8-18-17(14)21(15)16-7-4-10-22-16/h2,4,6-8,10,13H,3,5,9,11-12H2,1H3. The molecule has 1 fully saturated rings. The van der Waals surface area contributed by atoms with Gasteiger partial charge in [-0.1, -0.05) is 0 Å². The Kier molecular flexibility index (Phi) is 3.42. The summed E-state index contributed by atoms with van der Waals surface area (Å²) in [4.78, 5) is 11.7. The van der Waals surface area contributed by atoms with Crippen LogP contribution < -0.4 is 0 Å². The zero-order valence-corrected chi connectivity index (χ0v) is 12.8. The third-order valence-corrected chi connectivity index (χ3v) is 4.41. The number of rotatable bonds is 3. The molecule has 0 aliphatic carbocycles. The van der Waals surface area contributed by atoms with Gasteiger partial charge in [-0.3, -0.25) is 0 Å². The zero-order valence-electron chi connectivity index (χ0n) is 12.8. The van der Waals surface area contributed by atoms with Crippen molar-refractivity contribution in [3.8, 4) is 5.88 Å². The molecule has 0 bridgehead atoms. The Morgan fingerprint density at radius 1 is 1.32 bits per heavy atom. The lowest BCUT2D eigenvalue weighted by Crippen LogP contribution is -2.33. The summed E-state index contributed by atoms with van der Waals surface area (Å²) in [6.07, 6.45) is 6.99. The van der Waals surface area contributed by atoms with E-state index in [1.54, 1.807) is 6.26 Å². The number of furan rings is 1. The van der Waals surface area contributed by atoms with Crippen molar-refractivity contribution in [3.05, 3.63) is 42.5 Å². The first-order chi connectivity index (χ1) is 10.8. The van der Waals surface area contributed by atoms with E-state index in [1.165, 1.54) is 19.4 Å². The Bertz CT molecular complexity index is 762. The number of nitrogens with zero attached hydrogens (tertiary/aromatic N) is 4. The van der Waals surface area contributed by atoms with Crippen LogP contribution in [0.1, 0.15) is 18.7 Å². The SMILES string of the molecule is CN1CCCC(Cc2nc3cccnc3n2-c2ccco2)C1. The van der Waals surface area contributed by atoms with Gasteiger partial charge in [-0.25, -0.2) is 14.5 Å². The maximum Gasteiger partial charge on any atom is 0.206 e. The van der Waals surface area contributed by atoms with E-state index in [4.69, 9.17) is 9.40 Å². The molecule has 0 spiro atoms. The lowest BCUT2D eigenvalue weighted by Gasteiger charge is -2.29. The number of fused-ring (bicyclic) bond motifs is 1. The van der Waals surface area contributed by atoms with Crippen molar-refractivity contribution in [2.75, 3.05) is 20.1 Å². The quantitative estimate of drug-likeness (QED) is 0.745. The van der Waals surface area contributed by atoms with Crippen molar-refractivity contribution in [2.24, 2.45) is 5.92 Å². The molecule has 1 saturated heterocycles. The maximum absolute atomic E-state index is 5.61. The molecule has 5 heteroatoms. The second-order valence-electron chi connectivity index (χ2n) is 6.14. The number of hydrogen-bond donors (Lipinski definition) is 0. The molecule has 1 aliphatic rings. The van der Waals surface area contributed by atoms with Crippen molar-refractivity contribution in [1.29, 1.82) is 0 Å². The lowest BCUT2D eigenvalue weighted by atomic mass is 9.95. The van der Waals surface area contributed by atoms with Crippen LogP contribution in [0.15, 0.2) is 41.1 Å². The molecule has 1 atom stereocenters. The molecular weight excluding hydrogens is 276 g/mol. The van der Waals surface area contributed by atoms with Crippen LogP contribution in [-0.2, 0) is 6.42 Å². The molecule has 5 nitrogen and oxygen atoms in total. The Labute approximate surface area is 129 Å². The van der Waals surface area contributed by atoms with E-state index in [0.29, 0.717) is 5.92 Å². The first kappa shape index (κ1) is 13.5. The van der Waals surface area contributed by atoms with E-state index in [0.717, 1.165) is 35.8 Å². The van der Waals surface area contributed by atoms with E-state index in [2.05, 4.69) is 21.5 Å². The highest BCUT2D eigenvalue weighted by Gasteiger charge is 2.22. The third kappa shape index (κ3) is 2.41. The monoisotopic (exact) mass is 296 g/mol. The summed E-state index contributed by atoms with van der Waals surface area (Å²) >= 11 is 0. The molecule has 0 aromatic carbocycles. The number of hydrogen-bond acceptors (Lipinski definition) is 4. The van der Waals surface area contributed by atoms with Crippen LogP contribution in [0.5, 0.6) is 0 Å². The highest BCUT2D eigenvalue weighted by Crippen LogP contribution is 2.25. The summed E-state index contributed by atoms with van der Waals surface area (Å²) in [6, 6.07) is 7.81. The molecule has 1 unspecified atom stereocenters. The van der Waals surface area contributed by atoms with Crippen LogP contribution >= 0.6 is 0 Å². The van der Waals surface area contributed by atoms with Crippen LogP contribution in [0, 0.1) is 5.92 Å². The number of aromatic nitrogens is 3. The van der Waals surface area contributed by atoms with Gasteiger partial charge < -0.3 is 9.32 Å². The molecule has 0 amide bonds. The highest BCUT2D eigenvalue weighted by atomic mass is 16.3. The second kappa shape index (κ2) is 5.57. The molecule has 4 rings (SSSR count). The fourth-order valence-electron chi connectivity index (χ4n) is 3.42. The number of imidazole rings is 1. The fraction of sp³-hybridized carbons (Fsp3) is 0.412. The minimum absolute atomic E-state index is 0.643. The van der Waals surface area contributed by atoms with Crippen molar-refractivity contribution < 1.29 is 4.42 Å². The first-order valence-electron chi connectivity index (χ1n) is 7.86. The van der Waals surface area contributed by atoms with Gasteiger partial charge in [0.2, 0.25) is 5.88 Å². The largest absolute Gasteiger partial charge is 0.448 e. The minimum Gasteiger partial charge on any atom is -0.448 e. The summed E-state index contributed by atoms with van der Waals surface area (Å²) in [5, 5.41) is 0. The molecule has 1 aliphatic heterocycles. The number of likely N-dealkylation sites (tertiary alicyclic amines) is 1. The molecule has 0 N–H and O–H groups in total. The summed E-state index contributed by atoms with van der Waals surface area (Å²) in [7, 11) is 2.20. The molecule has 22 heavy (non-hydrogen) atoms. The summed E-state index contributed by atoms with van der Waals surface area (Å²) in [6.45, 7) is 2.33. The maximum atomic E-state index is 5.61. The lowest BCUT2D eigenvalue weighted by molar-refractivity contribution is 0.207. The van der Waals surface area contributed by atoms with Crippen molar-refractivity contribution >= 4 is 11.2 Å². The third-order valence-electron chi connectivity index (χ3n) is 4.41. The van der Waals surface area contributed by atoms with Crippen LogP contribution in [-0.4, -0.2) is 39.6 Å². The fourth-order valence-corrected chi connectivity index (χ4v) is 3.42. The van der Waals surface area contributed by atoms with E-state index in [-0.39, 0.29) is 0 Å². The Hall–Kier alpha value is -2.14. The van der Waals surface area contributed by atoms with Gasteiger partial charge in [-0.2, -0.15) is 0 Å². The predicted octanol–water partition coefficient (Wildman–Crippen LogP) is 2.90. The summed E-state index contributed by atoms with van der Waals surface area (Å²) in [5.41, 5.74) is 1.80. The van der Waals surface area contributed by atoms with Gasteiger partial charge in [0.25, 0.3) is 0 Å². The topological polar surface area (TPSA) is 47.1 Å². The van der Waals surface area contributed by atoms with Crippen molar-refractivity contribution in [1.82, 2.24) is 19.4 Å². The molecule has 3 aromatic rings. The first-order valence-corrected chi connectivity index (χ1v) is 7.86. The average Bonchev–Trinajstić information content (AvgIpc) is 3.13. The van der Waals surface area contributed by atoms with Gasteiger partial charge in [-0.15, -0.1) is 0 Å². The van der Waals surface area contributed by atoms with Crippen molar-refractivity contribution in [2.45, 2.75) is 19.3 Å².